The molecule has 2 N–H and O–H groups in total. The third kappa shape index (κ3) is 4.66. The van der Waals surface area contributed by atoms with Gasteiger partial charge in [0.05, 0.1) is 17.2 Å². The minimum absolute atomic E-state index is 0.182. The standard InChI is InChI=1S/C16H17Cl2N3O3/c1-10-7-12(24-2)9-15(22)21(10)6-5-19-16(23)20-11-3-4-13(17)14(18)8-11/h3-4,7-9H,5-6H2,1-2H3,(H2,19,20,23). The van der Waals surface area contributed by atoms with Gasteiger partial charge in [-0.05, 0) is 31.2 Å². The first-order chi connectivity index (χ1) is 11.4. The van der Waals surface area contributed by atoms with Gasteiger partial charge in [0, 0.05) is 30.5 Å². The van der Waals surface area contributed by atoms with Crippen molar-refractivity contribution in [1.82, 2.24) is 9.88 Å². The molecule has 0 spiro atoms. The zero-order valence-electron chi connectivity index (χ0n) is 13.2. The van der Waals surface area contributed by atoms with Gasteiger partial charge in [0.25, 0.3) is 5.56 Å². The monoisotopic (exact) mass is 369 g/mol. The van der Waals surface area contributed by atoms with E-state index in [2.05, 4.69) is 10.6 Å². The molecule has 0 fully saturated rings. The number of urea groups is 1. The van der Waals surface area contributed by atoms with Gasteiger partial charge >= 0.3 is 6.03 Å². The van der Waals surface area contributed by atoms with Crippen LogP contribution in [-0.2, 0) is 6.54 Å². The van der Waals surface area contributed by atoms with Crippen LogP contribution in [0.2, 0.25) is 10.0 Å². The van der Waals surface area contributed by atoms with Gasteiger partial charge in [-0.3, -0.25) is 4.79 Å². The van der Waals surface area contributed by atoms with Gasteiger partial charge in [0.15, 0.2) is 0 Å². The van der Waals surface area contributed by atoms with Crippen molar-refractivity contribution in [2.45, 2.75) is 13.5 Å². The minimum atomic E-state index is -0.396. The summed E-state index contributed by atoms with van der Waals surface area (Å²) in [6.45, 7) is 2.45. The number of benzene rings is 1. The van der Waals surface area contributed by atoms with Crippen LogP contribution >= 0.6 is 23.2 Å². The summed E-state index contributed by atoms with van der Waals surface area (Å²) in [7, 11) is 1.51. The lowest BCUT2D eigenvalue weighted by molar-refractivity contribution is 0.251. The number of anilines is 1. The highest BCUT2D eigenvalue weighted by atomic mass is 35.5. The quantitative estimate of drug-likeness (QED) is 0.848. The molecule has 1 heterocycles. The second kappa shape index (κ2) is 8.08. The molecule has 0 aliphatic carbocycles. The third-order valence-corrected chi connectivity index (χ3v) is 4.08. The van der Waals surface area contributed by atoms with E-state index in [1.165, 1.54) is 13.2 Å². The van der Waals surface area contributed by atoms with Crippen LogP contribution in [0.25, 0.3) is 0 Å². The number of methoxy groups -OCH3 is 1. The predicted molar refractivity (Wildman–Crippen MR) is 95.5 cm³/mol. The Morgan fingerprint density at radius 3 is 2.58 bits per heavy atom. The molecule has 24 heavy (non-hydrogen) atoms. The summed E-state index contributed by atoms with van der Waals surface area (Å²) in [6.07, 6.45) is 0. The fourth-order valence-electron chi connectivity index (χ4n) is 2.13. The number of amides is 2. The molecular formula is C16H17Cl2N3O3. The van der Waals surface area contributed by atoms with Crippen molar-refractivity contribution in [1.29, 1.82) is 0 Å². The second-order valence-electron chi connectivity index (χ2n) is 5.04. The Kier molecular flexibility index (Phi) is 6.11. The fraction of sp³-hybridized carbons (Fsp3) is 0.250. The molecule has 0 aliphatic rings. The molecule has 0 saturated heterocycles. The Labute approximate surface area is 149 Å². The zero-order valence-corrected chi connectivity index (χ0v) is 14.7. The number of ether oxygens (including phenoxy) is 1. The summed E-state index contributed by atoms with van der Waals surface area (Å²) < 4.78 is 6.60. The number of pyridine rings is 1. The van der Waals surface area contributed by atoms with E-state index in [1.807, 2.05) is 0 Å². The molecule has 6 nitrogen and oxygen atoms in total. The van der Waals surface area contributed by atoms with E-state index < -0.39 is 6.03 Å². The van der Waals surface area contributed by atoms with Crippen LogP contribution in [0.5, 0.6) is 5.75 Å². The van der Waals surface area contributed by atoms with E-state index in [4.69, 9.17) is 27.9 Å². The minimum Gasteiger partial charge on any atom is -0.496 e. The van der Waals surface area contributed by atoms with Crippen LogP contribution in [0.1, 0.15) is 5.69 Å². The summed E-state index contributed by atoms with van der Waals surface area (Å²) in [5.41, 5.74) is 1.10. The van der Waals surface area contributed by atoms with Gasteiger partial charge in [-0.25, -0.2) is 4.79 Å². The van der Waals surface area contributed by atoms with Crippen molar-refractivity contribution < 1.29 is 9.53 Å². The highest BCUT2D eigenvalue weighted by Gasteiger charge is 2.06. The Bertz CT molecular complexity index is 806. The lowest BCUT2D eigenvalue weighted by atomic mass is 10.3. The molecule has 0 bridgehead atoms. The summed E-state index contributed by atoms with van der Waals surface area (Å²) in [5.74, 6) is 0.513. The Morgan fingerprint density at radius 1 is 1.21 bits per heavy atom. The summed E-state index contributed by atoms with van der Waals surface area (Å²) in [4.78, 5) is 23.8. The van der Waals surface area contributed by atoms with E-state index in [1.54, 1.807) is 35.8 Å². The molecule has 2 aromatic rings. The van der Waals surface area contributed by atoms with Gasteiger partial charge in [-0.15, -0.1) is 0 Å². The number of rotatable bonds is 5. The number of aryl methyl sites for hydroxylation is 1. The maximum Gasteiger partial charge on any atom is 0.319 e. The highest BCUT2D eigenvalue weighted by molar-refractivity contribution is 6.42. The van der Waals surface area contributed by atoms with Gasteiger partial charge in [0.2, 0.25) is 0 Å². The molecular weight excluding hydrogens is 353 g/mol. The van der Waals surface area contributed by atoms with Gasteiger partial charge in [-0.1, -0.05) is 23.2 Å². The molecule has 0 unspecified atom stereocenters. The van der Waals surface area contributed by atoms with Crippen molar-refractivity contribution in [3.05, 3.63) is 56.4 Å². The first-order valence-electron chi connectivity index (χ1n) is 7.16. The van der Waals surface area contributed by atoms with Crippen LogP contribution in [0.4, 0.5) is 10.5 Å². The first kappa shape index (κ1) is 18.2. The zero-order chi connectivity index (χ0) is 17.7. The molecule has 2 rings (SSSR count). The van der Waals surface area contributed by atoms with Crippen molar-refractivity contribution >= 4 is 34.9 Å². The molecule has 8 heteroatoms. The lowest BCUT2D eigenvalue weighted by Crippen LogP contribution is -2.34. The van der Waals surface area contributed by atoms with Crippen LogP contribution in [-0.4, -0.2) is 24.3 Å². The second-order valence-corrected chi connectivity index (χ2v) is 5.85. The number of halogens is 2. The summed E-state index contributed by atoms with van der Waals surface area (Å²) >= 11 is 11.7. The molecule has 1 aromatic heterocycles. The summed E-state index contributed by atoms with van der Waals surface area (Å²) in [6, 6.07) is 7.57. The molecule has 0 saturated carbocycles. The van der Waals surface area contributed by atoms with E-state index in [-0.39, 0.29) is 5.56 Å². The molecule has 2 amide bonds. The number of hydrogen-bond donors (Lipinski definition) is 2. The molecule has 1 aromatic carbocycles. The average Bonchev–Trinajstić information content (AvgIpc) is 2.53. The van der Waals surface area contributed by atoms with Gasteiger partial charge in [-0.2, -0.15) is 0 Å². The Balaban J connectivity index is 1.91. The van der Waals surface area contributed by atoms with E-state index >= 15 is 0 Å². The van der Waals surface area contributed by atoms with Crippen LogP contribution in [0, 0.1) is 6.92 Å². The van der Waals surface area contributed by atoms with E-state index in [0.29, 0.717) is 34.6 Å². The number of carbonyl (C=O) groups is 1. The number of nitrogens with one attached hydrogen (secondary N) is 2. The molecule has 0 aliphatic heterocycles. The number of nitrogens with zero attached hydrogens (tertiary/aromatic N) is 1. The Hall–Kier alpha value is -2.18. The highest BCUT2D eigenvalue weighted by Crippen LogP contribution is 2.24. The topological polar surface area (TPSA) is 72.4 Å². The van der Waals surface area contributed by atoms with Gasteiger partial charge in [0.1, 0.15) is 5.75 Å². The maximum absolute atomic E-state index is 12.0. The molecule has 0 atom stereocenters. The van der Waals surface area contributed by atoms with Crippen molar-refractivity contribution in [3.8, 4) is 5.75 Å². The fourth-order valence-corrected chi connectivity index (χ4v) is 2.43. The molecule has 128 valence electrons. The number of aromatic nitrogens is 1. The van der Waals surface area contributed by atoms with E-state index in [0.717, 1.165) is 5.69 Å². The van der Waals surface area contributed by atoms with Crippen LogP contribution < -0.4 is 20.9 Å². The van der Waals surface area contributed by atoms with Gasteiger partial charge < -0.3 is 19.9 Å². The smallest absolute Gasteiger partial charge is 0.319 e. The van der Waals surface area contributed by atoms with E-state index in [9.17, 15) is 9.59 Å². The van der Waals surface area contributed by atoms with Crippen molar-refractivity contribution in [2.24, 2.45) is 0 Å². The SMILES string of the molecule is COc1cc(C)n(CCNC(=O)Nc2ccc(Cl)c(Cl)c2)c(=O)c1. The van der Waals surface area contributed by atoms with Crippen LogP contribution in [0.15, 0.2) is 35.1 Å². The van der Waals surface area contributed by atoms with Crippen molar-refractivity contribution in [3.63, 3.8) is 0 Å². The predicted octanol–water partition coefficient (Wildman–Crippen LogP) is 3.29. The lowest BCUT2D eigenvalue weighted by Gasteiger charge is -2.12. The molecule has 0 radical (unpaired) electrons. The van der Waals surface area contributed by atoms with Crippen molar-refractivity contribution in [2.75, 3.05) is 19.0 Å². The number of carbonyl (C=O) groups excluding carboxylic acids is 1. The number of hydrogen-bond acceptors (Lipinski definition) is 3. The third-order valence-electron chi connectivity index (χ3n) is 3.34. The maximum atomic E-state index is 12.0. The Morgan fingerprint density at radius 2 is 1.96 bits per heavy atom. The largest absolute Gasteiger partial charge is 0.496 e. The normalized spacial score (nSPS) is 10.3. The summed E-state index contributed by atoms with van der Waals surface area (Å²) in [5, 5.41) is 6.09. The first-order valence-corrected chi connectivity index (χ1v) is 7.91. The average molecular weight is 370 g/mol. The van der Waals surface area contributed by atoms with Crippen LogP contribution in [0.3, 0.4) is 0 Å².